The molecule has 2 heterocycles. The summed E-state index contributed by atoms with van der Waals surface area (Å²) in [6.07, 6.45) is 8.71. The van der Waals surface area contributed by atoms with Crippen molar-refractivity contribution in [2.75, 3.05) is 7.05 Å². The molecular weight excluding hydrogens is 188 g/mol. The Balaban J connectivity index is 2.08. The molecule has 3 nitrogen and oxygen atoms in total. The highest BCUT2D eigenvalue weighted by molar-refractivity contribution is 5.53. The van der Waals surface area contributed by atoms with E-state index < -0.39 is 0 Å². The Morgan fingerprint density at radius 1 is 1.53 bits per heavy atom. The average molecular weight is 205 g/mol. The van der Waals surface area contributed by atoms with Crippen molar-refractivity contribution in [3.63, 3.8) is 0 Å². The minimum Gasteiger partial charge on any atom is -0.361 e. The summed E-state index contributed by atoms with van der Waals surface area (Å²) in [5.74, 6) is 1.54. The summed E-state index contributed by atoms with van der Waals surface area (Å²) in [5, 5.41) is 3.98. The number of aryl methyl sites for hydroxylation is 2. The highest BCUT2D eigenvalue weighted by atomic mass is 16.5. The molecule has 0 saturated carbocycles. The fourth-order valence-corrected chi connectivity index (χ4v) is 1.91. The summed E-state index contributed by atoms with van der Waals surface area (Å²) >= 11 is 0. The van der Waals surface area contributed by atoms with Crippen LogP contribution in [0, 0.1) is 19.8 Å². The molecule has 0 bridgehead atoms. The highest BCUT2D eigenvalue weighted by Crippen LogP contribution is 2.20. The van der Waals surface area contributed by atoms with E-state index in [1.165, 1.54) is 5.56 Å². The first-order valence-corrected chi connectivity index (χ1v) is 5.32. The van der Waals surface area contributed by atoms with Gasteiger partial charge in [-0.3, -0.25) is 0 Å². The van der Waals surface area contributed by atoms with Crippen LogP contribution in [-0.2, 0) is 6.42 Å². The summed E-state index contributed by atoms with van der Waals surface area (Å²) in [6.45, 7) is 3.99. The quantitative estimate of drug-likeness (QED) is 0.692. The van der Waals surface area contributed by atoms with Crippen LogP contribution in [0.2, 0.25) is 0 Å². The minimum atomic E-state index is 0.581. The highest BCUT2D eigenvalue weighted by Gasteiger charge is 2.17. The van der Waals surface area contributed by atoms with Crippen LogP contribution in [0.25, 0.3) is 0 Å². The van der Waals surface area contributed by atoms with Crippen LogP contribution in [-0.4, -0.2) is 23.0 Å². The molecule has 1 aliphatic rings. The Bertz CT molecular complexity index is 396. The van der Waals surface area contributed by atoms with E-state index in [4.69, 9.17) is 4.52 Å². The average Bonchev–Trinajstić information content (AvgIpc) is 2.53. The molecule has 0 fully saturated rings. The molecule has 1 aromatic rings. The van der Waals surface area contributed by atoms with Gasteiger partial charge in [-0.1, -0.05) is 5.16 Å². The van der Waals surface area contributed by atoms with E-state index in [0.29, 0.717) is 5.92 Å². The predicted molar refractivity (Wildman–Crippen MR) is 59.2 cm³/mol. The number of nitrogens with zero attached hydrogens (tertiary/aromatic N) is 2. The lowest BCUT2D eigenvalue weighted by Crippen LogP contribution is -2.12. The normalized spacial score (nSPS) is 20.5. The first-order chi connectivity index (χ1) is 7.16. The summed E-state index contributed by atoms with van der Waals surface area (Å²) in [7, 11) is 2.06. The summed E-state index contributed by atoms with van der Waals surface area (Å²) in [5.41, 5.74) is 2.29. The largest absolute Gasteiger partial charge is 0.361 e. The van der Waals surface area contributed by atoms with Gasteiger partial charge < -0.3 is 4.52 Å². The van der Waals surface area contributed by atoms with Crippen LogP contribution >= 0.6 is 0 Å². The van der Waals surface area contributed by atoms with Gasteiger partial charge in [0.05, 0.1) is 5.69 Å². The zero-order valence-corrected chi connectivity index (χ0v) is 9.53. The SMILES string of the molecule is Cc1noc(C)c1CC1C=C[N+](C)=CC1. The molecule has 0 aromatic carbocycles. The van der Waals surface area contributed by atoms with E-state index in [2.05, 4.69) is 35.3 Å². The third kappa shape index (κ3) is 2.17. The number of aromatic nitrogens is 1. The lowest BCUT2D eigenvalue weighted by atomic mass is 9.94. The first-order valence-electron chi connectivity index (χ1n) is 5.32. The van der Waals surface area contributed by atoms with Crippen molar-refractivity contribution in [1.82, 2.24) is 5.16 Å². The van der Waals surface area contributed by atoms with Crippen LogP contribution in [0.1, 0.15) is 23.4 Å². The number of rotatable bonds is 2. The monoisotopic (exact) mass is 205 g/mol. The van der Waals surface area contributed by atoms with E-state index in [9.17, 15) is 0 Å². The Labute approximate surface area is 90.1 Å². The number of hydrogen-bond acceptors (Lipinski definition) is 2. The molecule has 1 aliphatic heterocycles. The van der Waals surface area contributed by atoms with Gasteiger partial charge in [0.2, 0.25) is 0 Å². The van der Waals surface area contributed by atoms with Crippen LogP contribution in [0.3, 0.4) is 0 Å². The van der Waals surface area contributed by atoms with Crippen molar-refractivity contribution < 1.29 is 9.10 Å². The molecule has 0 saturated heterocycles. The summed E-state index contributed by atoms with van der Waals surface area (Å²) in [4.78, 5) is 0. The summed E-state index contributed by atoms with van der Waals surface area (Å²) in [6, 6.07) is 0. The van der Waals surface area contributed by atoms with Crippen molar-refractivity contribution in [3.8, 4) is 0 Å². The molecule has 15 heavy (non-hydrogen) atoms. The Hall–Kier alpha value is -1.38. The topological polar surface area (TPSA) is 29.0 Å². The summed E-state index contributed by atoms with van der Waals surface area (Å²) < 4.78 is 7.26. The second-order valence-electron chi connectivity index (χ2n) is 4.19. The third-order valence-electron chi connectivity index (χ3n) is 2.94. The molecule has 0 aliphatic carbocycles. The first kappa shape index (κ1) is 10.1. The predicted octanol–water partition coefficient (Wildman–Crippen LogP) is 2.08. The van der Waals surface area contributed by atoms with E-state index in [-0.39, 0.29) is 0 Å². The molecule has 2 rings (SSSR count). The van der Waals surface area contributed by atoms with E-state index in [1.807, 2.05) is 13.8 Å². The van der Waals surface area contributed by atoms with Crippen LogP contribution in [0.4, 0.5) is 0 Å². The fourth-order valence-electron chi connectivity index (χ4n) is 1.91. The van der Waals surface area contributed by atoms with Gasteiger partial charge in [0.15, 0.2) is 6.20 Å². The van der Waals surface area contributed by atoms with Crippen LogP contribution < -0.4 is 0 Å². The second kappa shape index (κ2) is 4.01. The lowest BCUT2D eigenvalue weighted by molar-refractivity contribution is -0.420. The second-order valence-corrected chi connectivity index (χ2v) is 4.19. The van der Waals surface area contributed by atoms with E-state index in [1.54, 1.807) is 0 Å². The van der Waals surface area contributed by atoms with Crippen LogP contribution in [0.5, 0.6) is 0 Å². The van der Waals surface area contributed by atoms with Gasteiger partial charge in [0, 0.05) is 12.0 Å². The van der Waals surface area contributed by atoms with E-state index >= 15 is 0 Å². The molecule has 3 heteroatoms. The van der Waals surface area contributed by atoms with Crippen molar-refractivity contribution in [1.29, 1.82) is 0 Å². The molecule has 0 N–H and O–H groups in total. The van der Waals surface area contributed by atoms with Gasteiger partial charge in [0.25, 0.3) is 0 Å². The van der Waals surface area contributed by atoms with Crippen molar-refractivity contribution in [2.45, 2.75) is 26.7 Å². The smallest absolute Gasteiger partial charge is 0.164 e. The molecule has 80 valence electrons. The molecule has 1 atom stereocenters. The Morgan fingerprint density at radius 3 is 2.87 bits per heavy atom. The number of allylic oxidation sites excluding steroid dienone is 1. The zero-order chi connectivity index (χ0) is 10.8. The fraction of sp³-hybridized carbons (Fsp3) is 0.500. The Morgan fingerprint density at radius 2 is 2.33 bits per heavy atom. The Kier molecular flexibility index (Phi) is 2.71. The molecule has 0 amide bonds. The van der Waals surface area contributed by atoms with E-state index in [0.717, 1.165) is 24.3 Å². The lowest BCUT2D eigenvalue weighted by Gasteiger charge is -2.10. The third-order valence-corrected chi connectivity index (χ3v) is 2.94. The maximum Gasteiger partial charge on any atom is 0.164 e. The van der Waals surface area contributed by atoms with Gasteiger partial charge in [-0.05, 0) is 32.3 Å². The maximum atomic E-state index is 5.16. The zero-order valence-electron chi connectivity index (χ0n) is 9.53. The van der Waals surface area contributed by atoms with Crippen molar-refractivity contribution in [3.05, 3.63) is 29.3 Å². The van der Waals surface area contributed by atoms with Crippen LogP contribution in [0.15, 0.2) is 16.8 Å². The molecule has 0 radical (unpaired) electrons. The van der Waals surface area contributed by atoms with Gasteiger partial charge in [0.1, 0.15) is 19.0 Å². The van der Waals surface area contributed by atoms with Crippen molar-refractivity contribution >= 4 is 6.21 Å². The minimum absolute atomic E-state index is 0.581. The van der Waals surface area contributed by atoms with Gasteiger partial charge in [-0.25, -0.2) is 4.58 Å². The number of hydrogen-bond donors (Lipinski definition) is 0. The molecule has 0 spiro atoms. The molecular formula is C12H17N2O+. The van der Waals surface area contributed by atoms with Gasteiger partial charge >= 0.3 is 0 Å². The maximum absolute atomic E-state index is 5.16. The molecule has 1 aromatic heterocycles. The van der Waals surface area contributed by atoms with Gasteiger partial charge in [-0.2, -0.15) is 0 Å². The molecule has 1 unspecified atom stereocenters. The van der Waals surface area contributed by atoms with Gasteiger partial charge in [-0.15, -0.1) is 0 Å². The van der Waals surface area contributed by atoms with Crippen molar-refractivity contribution in [2.24, 2.45) is 5.92 Å². The standard InChI is InChI=1S/C12H17N2O/c1-9-12(10(2)15-13-9)8-11-4-6-14(3)7-5-11/h4,6-7,11H,5,8H2,1-3H3/q+1.